The van der Waals surface area contributed by atoms with Gasteiger partial charge in [-0.1, -0.05) is 6.92 Å². The molecule has 1 aromatic carbocycles. The third-order valence-electron chi connectivity index (χ3n) is 4.57. The van der Waals surface area contributed by atoms with Crippen LogP contribution in [-0.4, -0.2) is 22.2 Å². The van der Waals surface area contributed by atoms with E-state index in [1.165, 1.54) is 6.42 Å². The number of benzene rings is 1. The molecule has 4 nitrogen and oxygen atoms in total. The van der Waals surface area contributed by atoms with E-state index < -0.39 is 0 Å². The molecule has 0 spiro atoms. The maximum absolute atomic E-state index is 12.3. The van der Waals surface area contributed by atoms with Crippen LogP contribution < -0.4 is 0 Å². The van der Waals surface area contributed by atoms with Crippen LogP contribution in [-0.2, 0) is 11.2 Å². The summed E-state index contributed by atoms with van der Waals surface area (Å²) in [5, 5.41) is 5.52. The van der Waals surface area contributed by atoms with Gasteiger partial charge in [-0.2, -0.15) is 5.10 Å². The Bertz CT molecular complexity index is 731. The lowest BCUT2D eigenvalue weighted by molar-refractivity contribution is -0.0366. The van der Waals surface area contributed by atoms with Gasteiger partial charge in [-0.15, -0.1) is 0 Å². The van der Waals surface area contributed by atoms with Gasteiger partial charge in [0.1, 0.15) is 0 Å². The number of rotatable bonds is 1. The number of fused-ring (bicyclic) bond motifs is 2. The Kier molecular flexibility index (Phi) is 3.15. The molecule has 5 heteroatoms. The van der Waals surface area contributed by atoms with Crippen molar-refractivity contribution in [2.24, 2.45) is 5.92 Å². The molecule has 2 heterocycles. The third-order valence-corrected chi connectivity index (χ3v) is 5.39. The fourth-order valence-corrected chi connectivity index (χ4v) is 4.20. The van der Waals surface area contributed by atoms with Gasteiger partial charge >= 0.3 is 0 Å². The molecule has 2 atom stereocenters. The molecule has 0 radical (unpaired) electrons. The molecule has 1 aliphatic carbocycles. The summed E-state index contributed by atoms with van der Waals surface area (Å²) in [5.74, 6) is 0.315. The van der Waals surface area contributed by atoms with Crippen LogP contribution in [0.15, 0.2) is 16.7 Å². The van der Waals surface area contributed by atoms with Gasteiger partial charge in [0.25, 0.3) is 0 Å². The lowest BCUT2D eigenvalue weighted by Crippen LogP contribution is -2.19. The topological polar surface area (TPSA) is 44.1 Å². The number of halogens is 1. The van der Waals surface area contributed by atoms with Gasteiger partial charge in [0, 0.05) is 27.9 Å². The Hall–Kier alpha value is -1.20. The van der Waals surface area contributed by atoms with E-state index in [1.54, 1.807) is 0 Å². The minimum absolute atomic E-state index is 0.0238. The predicted molar refractivity (Wildman–Crippen MR) is 83.5 cm³/mol. The first-order valence-electron chi connectivity index (χ1n) is 7.51. The lowest BCUT2D eigenvalue weighted by atomic mass is 10.1. The fraction of sp³-hybridized carbons (Fsp3) is 0.500. The van der Waals surface area contributed by atoms with Crippen LogP contribution >= 0.6 is 15.9 Å². The number of ether oxygens (including phenoxy) is 1. The first-order valence-corrected chi connectivity index (χ1v) is 8.30. The summed E-state index contributed by atoms with van der Waals surface area (Å²) < 4.78 is 8.72. The molecule has 1 aliphatic heterocycles. The van der Waals surface area contributed by atoms with E-state index in [0.29, 0.717) is 0 Å². The normalized spacial score (nSPS) is 25.5. The van der Waals surface area contributed by atoms with Crippen molar-refractivity contribution in [2.75, 3.05) is 6.61 Å². The van der Waals surface area contributed by atoms with Gasteiger partial charge in [-0.05, 0) is 53.2 Å². The highest BCUT2D eigenvalue weighted by Crippen LogP contribution is 2.39. The first-order chi connectivity index (χ1) is 10.2. The molecule has 0 saturated carbocycles. The molecular weight excluding hydrogens is 332 g/mol. The monoisotopic (exact) mass is 348 g/mol. The maximum Gasteiger partial charge on any atom is 0.167 e. The van der Waals surface area contributed by atoms with Crippen LogP contribution in [0, 0.1) is 5.92 Å². The second kappa shape index (κ2) is 4.92. The molecule has 2 aromatic rings. The number of hydrogen-bond acceptors (Lipinski definition) is 3. The Morgan fingerprint density at radius 1 is 1.43 bits per heavy atom. The Labute approximate surface area is 131 Å². The van der Waals surface area contributed by atoms with Gasteiger partial charge in [0.05, 0.1) is 11.7 Å². The highest BCUT2D eigenvalue weighted by atomic mass is 79.9. The smallest absolute Gasteiger partial charge is 0.167 e. The van der Waals surface area contributed by atoms with Crippen LogP contribution in [0.2, 0.25) is 0 Å². The first kappa shape index (κ1) is 13.5. The van der Waals surface area contributed by atoms with E-state index in [9.17, 15) is 4.79 Å². The summed E-state index contributed by atoms with van der Waals surface area (Å²) in [6, 6.07) is 2.13. The number of carbonyl (C=O) groups excluding carboxylic acids is 1. The van der Waals surface area contributed by atoms with E-state index in [0.717, 1.165) is 52.4 Å². The van der Waals surface area contributed by atoms with E-state index in [2.05, 4.69) is 27.1 Å². The highest BCUT2D eigenvalue weighted by Gasteiger charge is 2.31. The standard InChI is InChI=1S/C16H17BrN2O2/c1-9-6-10-7-12-11(15(17)14(10)16(9)20)8-18-19(12)13-4-2-3-5-21-13/h7-9,13H,2-6H2,1H3. The highest BCUT2D eigenvalue weighted by molar-refractivity contribution is 9.10. The van der Waals surface area contributed by atoms with E-state index in [1.807, 2.05) is 17.8 Å². The van der Waals surface area contributed by atoms with Crippen molar-refractivity contribution in [3.05, 3.63) is 27.9 Å². The van der Waals surface area contributed by atoms with Crippen molar-refractivity contribution in [2.45, 2.75) is 38.8 Å². The molecule has 1 fully saturated rings. The quantitative estimate of drug-likeness (QED) is 0.785. The SMILES string of the molecule is CC1Cc2cc3c(cnn3C3CCCCO3)c(Br)c2C1=O. The van der Waals surface area contributed by atoms with Crippen LogP contribution in [0.3, 0.4) is 0 Å². The van der Waals surface area contributed by atoms with Gasteiger partial charge in [-0.3, -0.25) is 4.79 Å². The van der Waals surface area contributed by atoms with E-state index in [-0.39, 0.29) is 17.9 Å². The molecule has 21 heavy (non-hydrogen) atoms. The van der Waals surface area contributed by atoms with Crippen molar-refractivity contribution in [3.8, 4) is 0 Å². The second-order valence-electron chi connectivity index (χ2n) is 6.04. The van der Waals surface area contributed by atoms with Crippen molar-refractivity contribution in [1.29, 1.82) is 0 Å². The summed E-state index contributed by atoms with van der Waals surface area (Å²) in [7, 11) is 0. The van der Waals surface area contributed by atoms with Gasteiger partial charge in [0.15, 0.2) is 12.0 Å². The van der Waals surface area contributed by atoms with Crippen molar-refractivity contribution < 1.29 is 9.53 Å². The van der Waals surface area contributed by atoms with Crippen molar-refractivity contribution in [3.63, 3.8) is 0 Å². The van der Waals surface area contributed by atoms with Gasteiger partial charge in [-0.25, -0.2) is 4.68 Å². The zero-order valence-electron chi connectivity index (χ0n) is 11.9. The van der Waals surface area contributed by atoms with E-state index in [4.69, 9.17) is 4.74 Å². The summed E-state index contributed by atoms with van der Waals surface area (Å²) >= 11 is 3.62. The Morgan fingerprint density at radius 3 is 3.05 bits per heavy atom. The number of nitrogens with zero attached hydrogens (tertiary/aromatic N) is 2. The molecule has 1 aromatic heterocycles. The third kappa shape index (κ3) is 1.98. The predicted octanol–water partition coefficient (Wildman–Crippen LogP) is 3.87. The minimum atomic E-state index is 0.0238. The number of ketones is 1. The van der Waals surface area contributed by atoms with Crippen LogP contribution in [0.25, 0.3) is 10.9 Å². The average Bonchev–Trinajstić information content (AvgIpc) is 3.03. The van der Waals surface area contributed by atoms with Crippen LogP contribution in [0.1, 0.15) is 48.3 Å². The Balaban J connectivity index is 1.88. The molecule has 2 unspecified atom stereocenters. The summed E-state index contributed by atoms with van der Waals surface area (Å²) in [6.07, 6.45) is 5.98. The average molecular weight is 349 g/mol. The summed E-state index contributed by atoms with van der Waals surface area (Å²) in [6.45, 7) is 2.80. The molecular formula is C16H17BrN2O2. The summed E-state index contributed by atoms with van der Waals surface area (Å²) in [5.41, 5.74) is 3.04. The number of hydrogen-bond donors (Lipinski definition) is 0. The second-order valence-corrected chi connectivity index (χ2v) is 6.83. The molecule has 0 N–H and O–H groups in total. The Morgan fingerprint density at radius 2 is 2.29 bits per heavy atom. The molecule has 4 rings (SSSR count). The van der Waals surface area contributed by atoms with Crippen molar-refractivity contribution >= 4 is 32.6 Å². The molecule has 2 aliphatic rings. The minimum Gasteiger partial charge on any atom is -0.356 e. The maximum atomic E-state index is 12.3. The molecule has 0 bridgehead atoms. The fourth-order valence-electron chi connectivity index (χ4n) is 3.44. The van der Waals surface area contributed by atoms with Crippen LogP contribution in [0.5, 0.6) is 0 Å². The van der Waals surface area contributed by atoms with E-state index >= 15 is 0 Å². The van der Waals surface area contributed by atoms with Crippen molar-refractivity contribution in [1.82, 2.24) is 9.78 Å². The number of carbonyl (C=O) groups is 1. The summed E-state index contributed by atoms with van der Waals surface area (Å²) in [4.78, 5) is 12.3. The van der Waals surface area contributed by atoms with Gasteiger partial charge in [0.2, 0.25) is 0 Å². The lowest BCUT2D eigenvalue weighted by Gasteiger charge is -2.23. The van der Waals surface area contributed by atoms with Crippen LogP contribution in [0.4, 0.5) is 0 Å². The van der Waals surface area contributed by atoms with Gasteiger partial charge < -0.3 is 4.74 Å². The molecule has 0 amide bonds. The number of Topliss-reactive ketones (excluding diaryl/α,β-unsaturated/α-hetero) is 1. The largest absolute Gasteiger partial charge is 0.356 e. The zero-order chi connectivity index (χ0) is 14.6. The number of aromatic nitrogens is 2. The zero-order valence-corrected chi connectivity index (χ0v) is 13.5. The molecule has 1 saturated heterocycles. The molecule has 110 valence electrons.